The molecule has 3 fully saturated rings. The highest BCUT2D eigenvalue weighted by Crippen LogP contribution is 2.40. The van der Waals surface area contributed by atoms with Crippen molar-refractivity contribution in [2.75, 3.05) is 26.3 Å². The standard InChI is InChI=1S/C20H28N2O2/c23-19-7-10-20(22(19)15-17-5-2-1-3-6-17)9-4-12-21(13-11-20)18-8-14-24-16-18/h1-3,5-6,18H,4,7-16H2. The first-order valence-corrected chi connectivity index (χ1v) is 9.43. The monoisotopic (exact) mass is 328 g/mol. The number of hydrogen-bond acceptors (Lipinski definition) is 3. The molecule has 4 nitrogen and oxygen atoms in total. The van der Waals surface area contributed by atoms with Gasteiger partial charge in [0.1, 0.15) is 0 Å². The maximum Gasteiger partial charge on any atom is 0.223 e. The first kappa shape index (κ1) is 16.1. The maximum absolute atomic E-state index is 12.6. The van der Waals surface area contributed by atoms with Crippen LogP contribution in [0, 0.1) is 0 Å². The Kier molecular flexibility index (Phi) is 4.59. The second-order valence-electron chi connectivity index (χ2n) is 7.60. The number of benzene rings is 1. The van der Waals surface area contributed by atoms with E-state index in [0.717, 1.165) is 58.5 Å². The third kappa shape index (κ3) is 3.09. The van der Waals surface area contributed by atoms with Crippen LogP contribution in [-0.4, -0.2) is 53.6 Å². The minimum atomic E-state index is 0.0845. The van der Waals surface area contributed by atoms with Crippen molar-refractivity contribution >= 4 is 5.91 Å². The molecule has 3 heterocycles. The van der Waals surface area contributed by atoms with Crippen LogP contribution in [0.3, 0.4) is 0 Å². The lowest BCUT2D eigenvalue weighted by molar-refractivity contribution is -0.132. The van der Waals surface area contributed by atoms with Gasteiger partial charge in [-0.05, 0) is 44.2 Å². The molecule has 24 heavy (non-hydrogen) atoms. The van der Waals surface area contributed by atoms with Crippen LogP contribution in [0.4, 0.5) is 0 Å². The van der Waals surface area contributed by atoms with Crippen LogP contribution in [0.2, 0.25) is 0 Å². The zero-order valence-corrected chi connectivity index (χ0v) is 14.5. The van der Waals surface area contributed by atoms with Crippen molar-refractivity contribution in [1.29, 1.82) is 0 Å². The van der Waals surface area contributed by atoms with Crippen molar-refractivity contribution in [3.63, 3.8) is 0 Å². The molecule has 1 amide bonds. The van der Waals surface area contributed by atoms with E-state index in [1.807, 2.05) is 6.07 Å². The Morgan fingerprint density at radius 3 is 2.79 bits per heavy atom. The predicted octanol–water partition coefficient (Wildman–Crippen LogP) is 2.82. The Morgan fingerprint density at radius 1 is 1.12 bits per heavy atom. The van der Waals surface area contributed by atoms with Crippen LogP contribution in [0.5, 0.6) is 0 Å². The zero-order chi connectivity index (χ0) is 16.4. The van der Waals surface area contributed by atoms with Crippen molar-refractivity contribution in [2.24, 2.45) is 0 Å². The molecule has 130 valence electrons. The summed E-state index contributed by atoms with van der Waals surface area (Å²) in [5.41, 5.74) is 1.33. The van der Waals surface area contributed by atoms with E-state index in [1.165, 1.54) is 18.4 Å². The molecule has 2 atom stereocenters. The van der Waals surface area contributed by atoms with E-state index in [1.54, 1.807) is 0 Å². The smallest absolute Gasteiger partial charge is 0.223 e. The molecule has 0 radical (unpaired) electrons. The molecule has 3 saturated heterocycles. The lowest BCUT2D eigenvalue weighted by Crippen LogP contribution is -2.46. The summed E-state index contributed by atoms with van der Waals surface area (Å²) in [5.74, 6) is 0.344. The molecule has 1 aromatic rings. The summed E-state index contributed by atoms with van der Waals surface area (Å²) in [7, 11) is 0. The highest BCUT2D eigenvalue weighted by Gasteiger charge is 2.46. The number of carbonyl (C=O) groups is 1. The molecule has 1 spiro atoms. The van der Waals surface area contributed by atoms with Gasteiger partial charge in [0.15, 0.2) is 0 Å². The van der Waals surface area contributed by atoms with E-state index in [4.69, 9.17) is 4.74 Å². The highest BCUT2D eigenvalue weighted by atomic mass is 16.5. The molecule has 4 heteroatoms. The number of ether oxygens (including phenoxy) is 1. The summed E-state index contributed by atoms with van der Waals surface area (Å²) in [6, 6.07) is 11.0. The van der Waals surface area contributed by atoms with Crippen LogP contribution < -0.4 is 0 Å². The second kappa shape index (κ2) is 6.85. The van der Waals surface area contributed by atoms with Gasteiger partial charge in [0, 0.05) is 37.7 Å². The minimum Gasteiger partial charge on any atom is -0.380 e. The van der Waals surface area contributed by atoms with Crippen molar-refractivity contribution in [3.8, 4) is 0 Å². The van der Waals surface area contributed by atoms with E-state index in [0.29, 0.717) is 11.9 Å². The average molecular weight is 328 g/mol. The van der Waals surface area contributed by atoms with Gasteiger partial charge in [-0.1, -0.05) is 30.3 Å². The normalized spacial score (nSPS) is 31.8. The fourth-order valence-electron chi connectivity index (χ4n) is 4.79. The lowest BCUT2D eigenvalue weighted by atomic mass is 9.87. The molecule has 3 aliphatic heterocycles. The number of likely N-dealkylation sites (tertiary alicyclic amines) is 2. The van der Waals surface area contributed by atoms with Gasteiger partial charge in [-0.15, -0.1) is 0 Å². The van der Waals surface area contributed by atoms with Gasteiger partial charge in [0.05, 0.1) is 6.61 Å². The molecule has 0 bridgehead atoms. The predicted molar refractivity (Wildman–Crippen MR) is 93.6 cm³/mol. The number of rotatable bonds is 3. The summed E-state index contributed by atoms with van der Waals surface area (Å²) < 4.78 is 5.58. The summed E-state index contributed by atoms with van der Waals surface area (Å²) in [6.07, 6.45) is 6.37. The minimum absolute atomic E-state index is 0.0845. The summed E-state index contributed by atoms with van der Waals surface area (Å²) in [4.78, 5) is 17.4. The molecular formula is C20H28N2O2. The van der Waals surface area contributed by atoms with Gasteiger partial charge in [0.25, 0.3) is 0 Å². The summed E-state index contributed by atoms with van der Waals surface area (Å²) in [5, 5.41) is 0. The first-order valence-electron chi connectivity index (χ1n) is 9.43. The van der Waals surface area contributed by atoms with Gasteiger partial charge >= 0.3 is 0 Å². The van der Waals surface area contributed by atoms with E-state index in [9.17, 15) is 4.79 Å². The van der Waals surface area contributed by atoms with Gasteiger partial charge in [-0.2, -0.15) is 0 Å². The van der Waals surface area contributed by atoms with Crippen LogP contribution >= 0.6 is 0 Å². The Morgan fingerprint density at radius 2 is 2.00 bits per heavy atom. The average Bonchev–Trinajstić information content (AvgIpc) is 3.17. The van der Waals surface area contributed by atoms with Crippen LogP contribution in [0.1, 0.15) is 44.1 Å². The highest BCUT2D eigenvalue weighted by molar-refractivity contribution is 5.79. The fraction of sp³-hybridized carbons (Fsp3) is 0.650. The number of nitrogens with zero attached hydrogens (tertiary/aromatic N) is 2. The molecule has 0 aliphatic carbocycles. The molecule has 2 unspecified atom stereocenters. The Labute approximate surface area is 144 Å². The van der Waals surface area contributed by atoms with Gasteiger partial charge in [0.2, 0.25) is 5.91 Å². The first-order chi connectivity index (χ1) is 11.8. The van der Waals surface area contributed by atoms with Crippen molar-refractivity contribution in [2.45, 2.75) is 56.7 Å². The molecule has 1 aromatic carbocycles. The van der Waals surface area contributed by atoms with Crippen LogP contribution in [0.15, 0.2) is 30.3 Å². The Balaban J connectivity index is 1.48. The lowest BCUT2D eigenvalue weighted by Gasteiger charge is -2.38. The number of amides is 1. The van der Waals surface area contributed by atoms with Crippen LogP contribution in [-0.2, 0) is 16.1 Å². The largest absolute Gasteiger partial charge is 0.380 e. The van der Waals surface area contributed by atoms with E-state index in [-0.39, 0.29) is 5.54 Å². The Bertz CT molecular complexity index is 570. The van der Waals surface area contributed by atoms with Crippen molar-refractivity contribution in [3.05, 3.63) is 35.9 Å². The van der Waals surface area contributed by atoms with E-state index >= 15 is 0 Å². The molecule has 0 N–H and O–H groups in total. The molecule has 0 saturated carbocycles. The second-order valence-corrected chi connectivity index (χ2v) is 7.60. The fourth-order valence-corrected chi connectivity index (χ4v) is 4.79. The van der Waals surface area contributed by atoms with Gasteiger partial charge < -0.3 is 9.64 Å². The zero-order valence-electron chi connectivity index (χ0n) is 14.5. The molecule has 3 aliphatic rings. The van der Waals surface area contributed by atoms with Gasteiger partial charge in [-0.3, -0.25) is 9.69 Å². The molecule has 4 rings (SSSR count). The van der Waals surface area contributed by atoms with E-state index in [2.05, 4.69) is 34.1 Å². The molecule has 0 aromatic heterocycles. The maximum atomic E-state index is 12.6. The quantitative estimate of drug-likeness (QED) is 0.855. The van der Waals surface area contributed by atoms with Crippen LogP contribution in [0.25, 0.3) is 0 Å². The number of carbonyl (C=O) groups excluding carboxylic acids is 1. The summed E-state index contributed by atoms with van der Waals surface area (Å²) >= 11 is 0. The SMILES string of the molecule is O=C1CCC2(CCCN(C3CCOC3)CC2)N1Cc1ccccc1. The number of hydrogen-bond donors (Lipinski definition) is 0. The topological polar surface area (TPSA) is 32.8 Å². The Hall–Kier alpha value is -1.39. The molecular weight excluding hydrogens is 300 g/mol. The van der Waals surface area contributed by atoms with Crippen molar-refractivity contribution in [1.82, 2.24) is 9.80 Å². The third-order valence-corrected chi connectivity index (χ3v) is 6.24. The summed E-state index contributed by atoms with van der Waals surface area (Å²) in [6.45, 7) is 4.83. The van der Waals surface area contributed by atoms with Gasteiger partial charge in [-0.25, -0.2) is 0 Å². The van der Waals surface area contributed by atoms with E-state index < -0.39 is 0 Å². The third-order valence-electron chi connectivity index (χ3n) is 6.24. The van der Waals surface area contributed by atoms with Crippen molar-refractivity contribution < 1.29 is 9.53 Å².